The molecule has 0 fully saturated rings. The van der Waals surface area contributed by atoms with Crippen LogP contribution in [0, 0.1) is 6.92 Å². The number of hydrogen-bond donors (Lipinski definition) is 2. The van der Waals surface area contributed by atoms with Gasteiger partial charge in [-0.1, -0.05) is 48.5 Å². The molecule has 0 radical (unpaired) electrons. The number of anilines is 1. The first kappa shape index (κ1) is 16.8. The number of amides is 1. The van der Waals surface area contributed by atoms with E-state index in [-0.39, 0.29) is 30.0 Å². The summed E-state index contributed by atoms with van der Waals surface area (Å²) in [5, 5.41) is 11.3. The van der Waals surface area contributed by atoms with Crippen molar-refractivity contribution in [3.8, 4) is 11.1 Å². The zero-order valence-electron chi connectivity index (χ0n) is 14.4. The van der Waals surface area contributed by atoms with E-state index < -0.39 is 12.1 Å². The van der Waals surface area contributed by atoms with E-state index in [0.717, 1.165) is 22.3 Å². The fourth-order valence-electron chi connectivity index (χ4n) is 3.37. The minimum atomic E-state index is -1.23. The molecule has 0 aliphatic heterocycles. The summed E-state index contributed by atoms with van der Waals surface area (Å²) in [7, 11) is 0. The number of carbonyl (C=O) groups excluding carboxylic acids is 1. The second-order valence-electron chi connectivity index (χ2n) is 6.18. The zero-order chi connectivity index (χ0) is 19.0. The number of rotatable bonds is 4. The smallest absolute Gasteiger partial charge is 0.415 e. The molecule has 0 unspecified atom stereocenters. The first-order chi connectivity index (χ1) is 13.0. The monoisotopic (exact) mass is 364 g/mol. The van der Waals surface area contributed by atoms with Gasteiger partial charge in [-0.15, -0.1) is 0 Å². The molecule has 0 saturated heterocycles. The fourth-order valence-corrected chi connectivity index (χ4v) is 3.37. The number of nitrogens with one attached hydrogen (secondary N) is 1. The van der Waals surface area contributed by atoms with Crippen molar-refractivity contribution in [3.05, 3.63) is 71.1 Å². The van der Waals surface area contributed by atoms with Crippen LogP contribution < -0.4 is 5.32 Å². The Balaban J connectivity index is 1.48. The zero-order valence-corrected chi connectivity index (χ0v) is 14.4. The maximum atomic E-state index is 12.1. The number of benzene rings is 2. The van der Waals surface area contributed by atoms with Crippen molar-refractivity contribution in [3.63, 3.8) is 0 Å². The van der Waals surface area contributed by atoms with Crippen LogP contribution >= 0.6 is 0 Å². The lowest BCUT2D eigenvalue weighted by Gasteiger charge is -2.13. The number of nitrogens with zero attached hydrogens (tertiary/aromatic N) is 1. The molecule has 3 aromatic rings. The molecule has 27 heavy (non-hydrogen) atoms. The summed E-state index contributed by atoms with van der Waals surface area (Å²) in [5.74, 6) is -1.18. The normalized spacial score (nSPS) is 12.3. The summed E-state index contributed by atoms with van der Waals surface area (Å²) in [6, 6.07) is 15.8. The summed E-state index contributed by atoms with van der Waals surface area (Å²) in [6.45, 7) is 1.60. The lowest BCUT2D eigenvalue weighted by atomic mass is 9.98. The Morgan fingerprint density at radius 3 is 2.26 bits per heavy atom. The van der Waals surface area contributed by atoms with Gasteiger partial charge in [0.05, 0.1) is 0 Å². The van der Waals surface area contributed by atoms with Crippen LogP contribution in [0.3, 0.4) is 0 Å². The average Bonchev–Trinajstić information content (AvgIpc) is 3.18. The highest BCUT2D eigenvalue weighted by atomic mass is 16.6. The van der Waals surface area contributed by atoms with Crippen LogP contribution in [0.25, 0.3) is 11.1 Å². The van der Waals surface area contributed by atoms with E-state index in [2.05, 4.69) is 22.4 Å². The van der Waals surface area contributed by atoms with E-state index in [1.807, 2.05) is 36.4 Å². The summed E-state index contributed by atoms with van der Waals surface area (Å²) in [5.41, 5.74) is 4.23. The Morgan fingerprint density at radius 1 is 1.11 bits per heavy atom. The standard InChI is InChI=1S/C20H16N2O5/c1-11-17(18(23)24)21-19(27-11)22-20(25)26-10-16-14-8-4-2-6-12(14)13-7-3-5-9-15(13)16/h2-9,16H,10H2,1H3,(H,23,24)(H,21,22,25). The van der Waals surface area contributed by atoms with Gasteiger partial charge < -0.3 is 14.3 Å². The highest BCUT2D eigenvalue weighted by Gasteiger charge is 2.29. The molecule has 1 aliphatic carbocycles. The average molecular weight is 364 g/mol. The Hall–Kier alpha value is -3.61. The molecule has 2 N–H and O–H groups in total. The lowest BCUT2D eigenvalue weighted by molar-refractivity contribution is 0.0689. The molecule has 1 amide bonds. The van der Waals surface area contributed by atoms with Crippen LogP contribution in [-0.4, -0.2) is 28.8 Å². The van der Waals surface area contributed by atoms with Gasteiger partial charge in [-0.2, -0.15) is 4.98 Å². The van der Waals surface area contributed by atoms with Gasteiger partial charge in [0.15, 0.2) is 5.69 Å². The maximum absolute atomic E-state index is 12.1. The third-order valence-electron chi connectivity index (χ3n) is 4.55. The molecule has 0 spiro atoms. The minimum Gasteiger partial charge on any atom is -0.476 e. The Kier molecular flexibility index (Phi) is 4.12. The number of ether oxygens (including phenoxy) is 1. The number of oxazole rings is 1. The number of carboxylic acids is 1. The molecule has 0 atom stereocenters. The largest absolute Gasteiger partial charge is 0.476 e. The molecule has 1 aliphatic rings. The van der Waals surface area contributed by atoms with Crippen molar-refractivity contribution >= 4 is 18.1 Å². The molecular weight excluding hydrogens is 348 g/mol. The number of fused-ring (bicyclic) bond motifs is 3. The molecule has 7 nitrogen and oxygen atoms in total. The molecule has 0 saturated carbocycles. The molecule has 1 heterocycles. The Morgan fingerprint density at radius 2 is 1.70 bits per heavy atom. The quantitative estimate of drug-likeness (QED) is 0.724. The van der Waals surface area contributed by atoms with Crippen molar-refractivity contribution in [1.82, 2.24) is 4.98 Å². The summed E-state index contributed by atoms with van der Waals surface area (Å²) < 4.78 is 10.5. The molecule has 1 aromatic heterocycles. The van der Waals surface area contributed by atoms with Crippen LogP contribution in [0.5, 0.6) is 0 Å². The van der Waals surface area contributed by atoms with Crippen LogP contribution in [0.4, 0.5) is 10.8 Å². The van der Waals surface area contributed by atoms with Gasteiger partial charge in [0.25, 0.3) is 0 Å². The van der Waals surface area contributed by atoms with Gasteiger partial charge in [0.2, 0.25) is 0 Å². The number of carbonyl (C=O) groups is 2. The second kappa shape index (κ2) is 6.60. The summed E-state index contributed by atoms with van der Waals surface area (Å²) in [4.78, 5) is 26.8. The SMILES string of the molecule is Cc1oc(NC(=O)OCC2c3ccccc3-c3ccccc32)nc1C(=O)O. The molecular formula is C20H16N2O5. The lowest BCUT2D eigenvalue weighted by Crippen LogP contribution is -2.18. The van der Waals surface area contributed by atoms with Gasteiger partial charge in [0, 0.05) is 5.92 Å². The number of aromatic nitrogens is 1. The van der Waals surface area contributed by atoms with Crippen molar-refractivity contribution in [1.29, 1.82) is 0 Å². The van der Waals surface area contributed by atoms with E-state index in [9.17, 15) is 9.59 Å². The van der Waals surface area contributed by atoms with E-state index in [0.29, 0.717) is 0 Å². The Bertz CT molecular complexity index is 995. The highest BCUT2D eigenvalue weighted by Crippen LogP contribution is 2.44. The number of aryl methyl sites for hydroxylation is 1. The van der Waals surface area contributed by atoms with Crippen LogP contribution in [0.1, 0.15) is 33.3 Å². The topological polar surface area (TPSA) is 102 Å². The third-order valence-corrected chi connectivity index (χ3v) is 4.55. The van der Waals surface area contributed by atoms with Crippen LogP contribution in [-0.2, 0) is 4.74 Å². The molecule has 136 valence electrons. The number of carboxylic acid groups (broad SMARTS) is 1. The predicted octanol–water partition coefficient (Wildman–Crippen LogP) is 4.04. The molecule has 2 aromatic carbocycles. The van der Waals surface area contributed by atoms with Gasteiger partial charge in [-0.3, -0.25) is 0 Å². The molecule has 4 rings (SSSR count). The maximum Gasteiger partial charge on any atom is 0.415 e. The molecule has 7 heteroatoms. The summed E-state index contributed by atoms with van der Waals surface area (Å²) in [6.07, 6.45) is -0.755. The summed E-state index contributed by atoms with van der Waals surface area (Å²) >= 11 is 0. The van der Waals surface area contributed by atoms with Gasteiger partial charge in [-0.05, 0) is 29.2 Å². The van der Waals surface area contributed by atoms with E-state index >= 15 is 0 Å². The number of hydrogen-bond acceptors (Lipinski definition) is 5. The first-order valence-corrected chi connectivity index (χ1v) is 8.37. The van der Waals surface area contributed by atoms with Crippen molar-refractivity contribution < 1.29 is 23.8 Å². The molecule has 0 bridgehead atoms. The van der Waals surface area contributed by atoms with Crippen molar-refractivity contribution in [2.75, 3.05) is 11.9 Å². The number of aromatic carboxylic acids is 1. The van der Waals surface area contributed by atoms with Crippen molar-refractivity contribution in [2.24, 2.45) is 0 Å². The Labute approximate surface area is 154 Å². The fraction of sp³-hybridized carbons (Fsp3) is 0.150. The van der Waals surface area contributed by atoms with Gasteiger partial charge in [0.1, 0.15) is 12.4 Å². The second-order valence-corrected chi connectivity index (χ2v) is 6.18. The predicted molar refractivity (Wildman–Crippen MR) is 96.9 cm³/mol. The third kappa shape index (κ3) is 3.03. The first-order valence-electron chi connectivity index (χ1n) is 8.37. The van der Waals surface area contributed by atoms with E-state index in [4.69, 9.17) is 14.3 Å². The van der Waals surface area contributed by atoms with Crippen LogP contribution in [0.15, 0.2) is 52.9 Å². The highest BCUT2D eigenvalue weighted by molar-refractivity contribution is 5.88. The minimum absolute atomic E-state index is 0.0657. The van der Waals surface area contributed by atoms with Crippen molar-refractivity contribution in [2.45, 2.75) is 12.8 Å². The van der Waals surface area contributed by atoms with E-state index in [1.54, 1.807) is 0 Å². The van der Waals surface area contributed by atoms with E-state index in [1.165, 1.54) is 6.92 Å². The van der Waals surface area contributed by atoms with Crippen LogP contribution in [0.2, 0.25) is 0 Å². The van der Waals surface area contributed by atoms with Gasteiger partial charge in [-0.25, -0.2) is 14.9 Å². The van der Waals surface area contributed by atoms with Gasteiger partial charge >= 0.3 is 18.1 Å².